The molecule has 0 saturated heterocycles. The van der Waals surface area contributed by atoms with E-state index in [0.29, 0.717) is 6.42 Å². The summed E-state index contributed by atoms with van der Waals surface area (Å²) in [5.41, 5.74) is 1.72. The number of carboxylic acids is 1. The number of hydrogen-bond donors (Lipinski definition) is 2. The predicted molar refractivity (Wildman–Crippen MR) is 82.7 cm³/mol. The van der Waals surface area contributed by atoms with E-state index >= 15 is 0 Å². The first-order valence-electron chi connectivity index (χ1n) is 7.45. The van der Waals surface area contributed by atoms with E-state index in [1.807, 2.05) is 25.1 Å². The molecular weight excluding hydrogens is 264 g/mol. The summed E-state index contributed by atoms with van der Waals surface area (Å²) in [6, 6.07) is 9.45. The molecule has 0 unspecified atom stereocenters. The molecule has 0 fully saturated rings. The minimum absolute atomic E-state index is 0.0388. The number of aromatic hydroxyl groups is 1. The van der Waals surface area contributed by atoms with Crippen molar-refractivity contribution in [2.75, 3.05) is 0 Å². The number of rotatable bonds is 2. The fourth-order valence-electron chi connectivity index (χ4n) is 3.83. The highest BCUT2D eigenvalue weighted by atomic mass is 16.4. The lowest BCUT2D eigenvalue weighted by atomic mass is 9.63. The minimum atomic E-state index is -0.703. The maximum absolute atomic E-state index is 11.7. The van der Waals surface area contributed by atoms with Crippen molar-refractivity contribution < 1.29 is 15.0 Å². The van der Waals surface area contributed by atoms with E-state index in [4.69, 9.17) is 0 Å². The van der Waals surface area contributed by atoms with Crippen LogP contribution < -0.4 is 0 Å². The largest absolute Gasteiger partial charge is 0.508 e. The van der Waals surface area contributed by atoms with Crippen LogP contribution in [0.1, 0.15) is 43.7 Å². The minimum Gasteiger partial charge on any atom is -0.508 e. The molecule has 2 atom stereocenters. The van der Waals surface area contributed by atoms with Crippen LogP contribution in [0.2, 0.25) is 0 Å². The highest BCUT2D eigenvalue weighted by molar-refractivity contribution is 5.89. The molecule has 1 aliphatic rings. The van der Waals surface area contributed by atoms with Gasteiger partial charge in [0.2, 0.25) is 0 Å². The molecule has 0 aliphatic heterocycles. The van der Waals surface area contributed by atoms with E-state index in [9.17, 15) is 15.0 Å². The second kappa shape index (κ2) is 4.76. The van der Waals surface area contributed by atoms with Crippen LogP contribution in [0.4, 0.5) is 0 Å². The summed E-state index contributed by atoms with van der Waals surface area (Å²) in [5, 5.41) is 21.4. The molecule has 0 aromatic heterocycles. The fraction of sp³-hybridized carbons (Fsp3) is 0.389. The van der Waals surface area contributed by atoms with Crippen LogP contribution in [0.3, 0.4) is 0 Å². The van der Waals surface area contributed by atoms with E-state index in [1.54, 1.807) is 12.1 Å². The van der Waals surface area contributed by atoms with Gasteiger partial charge in [-0.15, -0.1) is 0 Å². The van der Waals surface area contributed by atoms with Crippen molar-refractivity contribution >= 4 is 16.7 Å². The zero-order valence-corrected chi connectivity index (χ0v) is 12.4. The topological polar surface area (TPSA) is 57.5 Å². The van der Waals surface area contributed by atoms with Gasteiger partial charge in [0.05, 0.1) is 5.41 Å². The predicted octanol–water partition coefficient (Wildman–Crippen LogP) is 4.08. The Morgan fingerprint density at radius 3 is 2.76 bits per heavy atom. The molecule has 0 spiro atoms. The van der Waals surface area contributed by atoms with Gasteiger partial charge in [-0.1, -0.05) is 25.1 Å². The van der Waals surface area contributed by atoms with Gasteiger partial charge < -0.3 is 10.2 Å². The van der Waals surface area contributed by atoms with Gasteiger partial charge in [-0.2, -0.15) is 0 Å². The molecule has 0 bridgehead atoms. The van der Waals surface area contributed by atoms with Crippen LogP contribution in [-0.4, -0.2) is 16.2 Å². The van der Waals surface area contributed by atoms with Crippen molar-refractivity contribution in [3.8, 4) is 5.75 Å². The molecule has 2 N–H and O–H groups in total. The van der Waals surface area contributed by atoms with Gasteiger partial charge in [0.25, 0.3) is 0 Å². The zero-order chi connectivity index (χ0) is 15.2. The Labute approximate surface area is 124 Å². The van der Waals surface area contributed by atoms with Crippen molar-refractivity contribution in [2.45, 2.75) is 39.0 Å². The Balaban J connectivity index is 2.22. The maximum Gasteiger partial charge on any atom is 0.309 e. The molecule has 3 nitrogen and oxygen atoms in total. The number of aliphatic carboxylic acids is 1. The first-order valence-corrected chi connectivity index (χ1v) is 7.45. The lowest BCUT2D eigenvalue weighted by Crippen LogP contribution is -2.38. The molecule has 2 aromatic carbocycles. The van der Waals surface area contributed by atoms with Gasteiger partial charge in [-0.25, -0.2) is 0 Å². The third kappa shape index (κ3) is 1.99. The Morgan fingerprint density at radius 1 is 1.33 bits per heavy atom. The summed E-state index contributed by atoms with van der Waals surface area (Å²) in [6.45, 7) is 3.93. The van der Waals surface area contributed by atoms with Crippen LogP contribution in [-0.2, 0) is 11.2 Å². The Morgan fingerprint density at radius 2 is 2.10 bits per heavy atom. The van der Waals surface area contributed by atoms with Crippen molar-refractivity contribution in [1.82, 2.24) is 0 Å². The lowest BCUT2D eigenvalue weighted by molar-refractivity contribution is -0.150. The van der Waals surface area contributed by atoms with E-state index in [-0.39, 0.29) is 11.7 Å². The number of carbonyl (C=O) groups is 1. The van der Waals surface area contributed by atoms with Crippen LogP contribution >= 0.6 is 0 Å². The van der Waals surface area contributed by atoms with Gasteiger partial charge in [0, 0.05) is 0 Å². The smallest absolute Gasteiger partial charge is 0.309 e. The number of phenolic OH excluding ortho intramolecular Hbond substituents is 1. The summed E-state index contributed by atoms with van der Waals surface area (Å²) in [4.78, 5) is 11.7. The van der Waals surface area contributed by atoms with Gasteiger partial charge >= 0.3 is 5.97 Å². The summed E-state index contributed by atoms with van der Waals surface area (Å²) in [7, 11) is 0. The van der Waals surface area contributed by atoms with Gasteiger partial charge in [-0.3, -0.25) is 4.79 Å². The molecule has 1 aliphatic carbocycles. The zero-order valence-electron chi connectivity index (χ0n) is 12.4. The van der Waals surface area contributed by atoms with Crippen molar-refractivity contribution in [3.05, 3.63) is 41.5 Å². The molecule has 0 heterocycles. The van der Waals surface area contributed by atoms with Gasteiger partial charge in [-0.05, 0) is 66.1 Å². The number of hydrogen-bond acceptors (Lipinski definition) is 2. The van der Waals surface area contributed by atoms with Gasteiger partial charge in [0.15, 0.2) is 0 Å². The number of phenols is 1. The first kappa shape index (κ1) is 13.9. The maximum atomic E-state index is 11.7. The monoisotopic (exact) mass is 284 g/mol. The van der Waals surface area contributed by atoms with E-state index in [0.717, 1.165) is 29.2 Å². The second-order valence-electron chi connectivity index (χ2n) is 6.22. The molecular formula is C18H20O3. The molecule has 21 heavy (non-hydrogen) atoms. The third-order valence-corrected chi connectivity index (χ3v) is 5.09. The third-order valence-electron chi connectivity index (χ3n) is 5.09. The molecule has 0 amide bonds. The quantitative estimate of drug-likeness (QED) is 0.873. The number of carboxylic acid groups (broad SMARTS) is 1. The summed E-state index contributed by atoms with van der Waals surface area (Å²) in [5.74, 6) is -0.400. The summed E-state index contributed by atoms with van der Waals surface area (Å²) < 4.78 is 0. The van der Waals surface area contributed by atoms with Crippen molar-refractivity contribution in [1.29, 1.82) is 0 Å². The number of fused-ring (bicyclic) bond motifs is 3. The first-order chi connectivity index (χ1) is 9.97. The van der Waals surface area contributed by atoms with Gasteiger partial charge in [0.1, 0.15) is 5.75 Å². The second-order valence-corrected chi connectivity index (χ2v) is 6.22. The van der Waals surface area contributed by atoms with Crippen LogP contribution in [0.15, 0.2) is 30.3 Å². The Hall–Kier alpha value is -2.03. The molecule has 3 rings (SSSR count). The molecule has 0 radical (unpaired) electrons. The Kier molecular flexibility index (Phi) is 3.16. The van der Waals surface area contributed by atoms with Crippen LogP contribution in [0, 0.1) is 5.41 Å². The number of benzene rings is 2. The standard InChI is InChI=1S/C18H20O3/c1-3-16-15-6-4-11-10-12(19)5-7-13(11)14(15)8-9-18(16,2)17(20)21/h4-7,10,16,19H,3,8-9H2,1-2H3,(H,20,21)/t16-,18+/m0/s1. The SMILES string of the molecule is CC[C@H]1c2ccc3cc(O)ccc3c2CC[C@@]1(C)C(=O)O. The fourth-order valence-corrected chi connectivity index (χ4v) is 3.83. The molecule has 110 valence electrons. The summed E-state index contributed by atoms with van der Waals surface area (Å²) >= 11 is 0. The molecule has 2 aromatic rings. The van der Waals surface area contributed by atoms with E-state index < -0.39 is 11.4 Å². The van der Waals surface area contributed by atoms with E-state index in [1.165, 1.54) is 5.56 Å². The van der Waals surface area contributed by atoms with Crippen LogP contribution in [0.5, 0.6) is 5.75 Å². The average Bonchev–Trinajstić information content (AvgIpc) is 2.46. The summed E-state index contributed by atoms with van der Waals surface area (Å²) in [6.07, 6.45) is 2.25. The average molecular weight is 284 g/mol. The highest BCUT2D eigenvalue weighted by Crippen LogP contribution is 2.49. The molecule has 3 heteroatoms. The van der Waals surface area contributed by atoms with Crippen molar-refractivity contribution in [3.63, 3.8) is 0 Å². The Bertz CT molecular complexity index is 720. The molecule has 0 saturated carbocycles. The normalized spacial score (nSPS) is 24.8. The lowest BCUT2D eigenvalue weighted by Gasteiger charge is -2.39. The highest BCUT2D eigenvalue weighted by Gasteiger charge is 2.44. The van der Waals surface area contributed by atoms with Crippen molar-refractivity contribution in [2.24, 2.45) is 5.41 Å². The number of aryl methyl sites for hydroxylation is 1. The van der Waals surface area contributed by atoms with Crippen LogP contribution in [0.25, 0.3) is 10.8 Å². The van der Waals surface area contributed by atoms with E-state index in [2.05, 4.69) is 6.92 Å².